The molecule has 4 rings (SSSR count). The van der Waals surface area contributed by atoms with Gasteiger partial charge in [-0.2, -0.15) is 0 Å². The molecule has 0 unspecified atom stereocenters. The third-order valence-corrected chi connectivity index (χ3v) is 5.13. The highest BCUT2D eigenvalue weighted by Crippen LogP contribution is 2.24. The molecule has 0 fully saturated rings. The van der Waals surface area contributed by atoms with E-state index in [1.54, 1.807) is 78.2 Å². The van der Waals surface area contributed by atoms with Crippen molar-refractivity contribution in [1.82, 2.24) is 4.40 Å². The minimum absolute atomic E-state index is 0.176. The summed E-state index contributed by atoms with van der Waals surface area (Å²) in [6, 6.07) is 20.4. The second-order valence-corrected chi connectivity index (χ2v) is 7.09. The quantitative estimate of drug-likeness (QED) is 0.319. The number of nitrogens with zero attached hydrogens (tertiary/aromatic N) is 1. The molecule has 0 aliphatic heterocycles. The van der Waals surface area contributed by atoms with Crippen molar-refractivity contribution < 1.29 is 23.9 Å². The highest BCUT2D eigenvalue weighted by molar-refractivity contribution is 6.13. The zero-order valence-electron chi connectivity index (χ0n) is 17.7. The Balaban J connectivity index is 1.85. The highest BCUT2D eigenvalue weighted by atomic mass is 16.5. The number of rotatable bonds is 7. The molecule has 0 amide bonds. The molecule has 0 spiro atoms. The molecule has 0 saturated heterocycles. The van der Waals surface area contributed by atoms with Crippen molar-refractivity contribution >= 4 is 23.1 Å². The van der Waals surface area contributed by atoms with E-state index in [-0.39, 0.29) is 29.4 Å². The van der Waals surface area contributed by atoms with E-state index < -0.39 is 5.97 Å². The molecular weight excluding hydrogens is 406 g/mol. The van der Waals surface area contributed by atoms with Crippen LogP contribution in [0.15, 0.2) is 79.0 Å². The van der Waals surface area contributed by atoms with E-state index >= 15 is 0 Å². The Kier molecular flexibility index (Phi) is 5.85. The number of carbonyl (C=O) groups excluding carboxylic acids is 3. The van der Waals surface area contributed by atoms with Crippen LogP contribution in [-0.4, -0.2) is 35.7 Å². The van der Waals surface area contributed by atoms with Crippen LogP contribution in [0.4, 0.5) is 0 Å². The summed E-state index contributed by atoms with van der Waals surface area (Å²) in [7, 11) is 1.53. The number of pyridine rings is 1. The van der Waals surface area contributed by atoms with Crippen LogP contribution in [0.1, 0.15) is 49.3 Å². The third kappa shape index (κ3) is 3.90. The summed E-state index contributed by atoms with van der Waals surface area (Å²) < 4.78 is 12.0. The summed E-state index contributed by atoms with van der Waals surface area (Å²) in [5.74, 6) is -0.460. The Morgan fingerprint density at radius 1 is 0.812 bits per heavy atom. The van der Waals surface area contributed by atoms with Gasteiger partial charge in [0.25, 0.3) is 0 Å². The van der Waals surface area contributed by atoms with Gasteiger partial charge < -0.3 is 13.9 Å². The number of esters is 1. The number of hydrogen-bond donors (Lipinski definition) is 0. The second-order valence-electron chi connectivity index (χ2n) is 7.09. The number of ether oxygens (including phenoxy) is 2. The summed E-state index contributed by atoms with van der Waals surface area (Å²) in [5.41, 5.74) is 2.30. The maximum absolute atomic E-state index is 13.3. The van der Waals surface area contributed by atoms with Crippen LogP contribution in [0.3, 0.4) is 0 Å². The van der Waals surface area contributed by atoms with Gasteiger partial charge in [0.2, 0.25) is 5.78 Å². The van der Waals surface area contributed by atoms with Crippen LogP contribution in [-0.2, 0) is 4.74 Å². The Morgan fingerprint density at radius 2 is 1.53 bits per heavy atom. The number of benzene rings is 2. The summed E-state index contributed by atoms with van der Waals surface area (Å²) in [4.78, 5) is 38.8. The molecule has 0 atom stereocenters. The fourth-order valence-electron chi connectivity index (χ4n) is 3.55. The summed E-state index contributed by atoms with van der Waals surface area (Å²) in [6.45, 7) is 1.90. The minimum Gasteiger partial charge on any atom is -0.497 e. The summed E-state index contributed by atoms with van der Waals surface area (Å²) in [5, 5.41) is 0. The molecule has 32 heavy (non-hydrogen) atoms. The van der Waals surface area contributed by atoms with E-state index in [0.717, 1.165) is 0 Å². The van der Waals surface area contributed by atoms with Crippen LogP contribution in [0.25, 0.3) is 5.52 Å². The molecule has 0 radical (unpaired) electrons. The zero-order chi connectivity index (χ0) is 22.7. The first kappa shape index (κ1) is 21.1. The zero-order valence-corrected chi connectivity index (χ0v) is 17.7. The SMILES string of the molecule is CCOC(=O)c1cc(C(=O)c2cccc(OC)c2)n2ccc(C(=O)c3ccccc3)cc12. The van der Waals surface area contributed by atoms with Crippen LogP contribution >= 0.6 is 0 Å². The van der Waals surface area contributed by atoms with Crippen molar-refractivity contribution in [3.63, 3.8) is 0 Å². The summed E-state index contributed by atoms with van der Waals surface area (Å²) >= 11 is 0. The maximum atomic E-state index is 13.3. The first-order valence-electron chi connectivity index (χ1n) is 10.1. The largest absolute Gasteiger partial charge is 0.497 e. The van der Waals surface area contributed by atoms with Gasteiger partial charge in [-0.1, -0.05) is 42.5 Å². The van der Waals surface area contributed by atoms with Crippen molar-refractivity contribution in [3.8, 4) is 5.75 Å². The Labute approximate surface area is 185 Å². The molecule has 6 heteroatoms. The van der Waals surface area contributed by atoms with Gasteiger partial charge in [0.15, 0.2) is 5.78 Å². The minimum atomic E-state index is -0.556. The fourth-order valence-corrected chi connectivity index (χ4v) is 3.55. The monoisotopic (exact) mass is 427 g/mol. The molecule has 2 heterocycles. The van der Waals surface area contributed by atoms with Crippen molar-refractivity contribution in [2.75, 3.05) is 13.7 Å². The van der Waals surface area contributed by atoms with Gasteiger partial charge in [-0.05, 0) is 37.3 Å². The van der Waals surface area contributed by atoms with Gasteiger partial charge in [0.1, 0.15) is 5.75 Å². The highest BCUT2D eigenvalue weighted by Gasteiger charge is 2.23. The number of methoxy groups -OCH3 is 1. The lowest BCUT2D eigenvalue weighted by atomic mass is 10.0. The number of carbonyl (C=O) groups is 3. The van der Waals surface area contributed by atoms with Crippen molar-refractivity contribution in [2.24, 2.45) is 0 Å². The fraction of sp³-hybridized carbons (Fsp3) is 0.115. The van der Waals surface area contributed by atoms with Crippen molar-refractivity contribution in [1.29, 1.82) is 0 Å². The Morgan fingerprint density at radius 3 is 2.25 bits per heavy atom. The topological polar surface area (TPSA) is 74.1 Å². The number of ketones is 2. The van der Waals surface area contributed by atoms with E-state index in [1.165, 1.54) is 13.2 Å². The van der Waals surface area contributed by atoms with Gasteiger partial charge in [0, 0.05) is 22.9 Å². The lowest BCUT2D eigenvalue weighted by Gasteiger charge is -2.07. The normalized spacial score (nSPS) is 10.7. The molecule has 4 aromatic rings. The number of hydrogen-bond acceptors (Lipinski definition) is 5. The molecular formula is C26H21NO5. The van der Waals surface area contributed by atoms with Crippen LogP contribution < -0.4 is 4.74 Å². The number of fused-ring (bicyclic) bond motifs is 1. The van der Waals surface area contributed by atoms with E-state index in [1.807, 2.05) is 6.07 Å². The van der Waals surface area contributed by atoms with Gasteiger partial charge >= 0.3 is 5.97 Å². The predicted octanol–water partition coefficient (Wildman–Crippen LogP) is 4.59. The first-order valence-corrected chi connectivity index (χ1v) is 10.1. The first-order chi connectivity index (χ1) is 15.5. The van der Waals surface area contributed by atoms with Crippen LogP contribution in [0, 0.1) is 0 Å². The molecule has 0 aliphatic rings. The van der Waals surface area contributed by atoms with Gasteiger partial charge in [0.05, 0.1) is 30.5 Å². The molecule has 160 valence electrons. The Hall–Kier alpha value is -4.19. The lowest BCUT2D eigenvalue weighted by Crippen LogP contribution is -2.07. The molecule has 0 saturated carbocycles. The van der Waals surface area contributed by atoms with Crippen molar-refractivity contribution in [2.45, 2.75) is 6.92 Å². The van der Waals surface area contributed by atoms with E-state index in [2.05, 4.69) is 0 Å². The van der Waals surface area contributed by atoms with Crippen LogP contribution in [0.2, 0.25) is 0 Å². The van der Waals surface area contributed by atoms with Crippen LogP contribution in [0.5, 0.6) is 5.75 Å². The third-order valence-electron chi connectivity index (χ3n) is 5.13. The van der Waals surface area contributed by atoms with E-state index in [0.29, 0.717) is 28.0 Å². The second kappa shape index (κ2) is 8.89. The van der Waals surface area contributed by atoms with Gasteiger partial charge in [-0.15, -0.1) is 0 Å². The molecule has 2 aromatic heterocycles. The van der Waals surface area contributed by atoms with Crippen molar-refractivity contribution in [3.05, 3.63) is 107 Å². The average Bonchev–Trinajstić information content (AvgIpc) is 3.23. The maximum Gasteiger partial charge on any atom is 0.340 e. The predicted molar refractivity (Wildman–Crippen MR) is 120 cm³/mol. The molecule has 0 N–H and O–H groups in total. The summed E-state index contributed by atoms with van der Waals surface area (Å²) in [6.07, 6.45) is 1.63. The molecule has 0 aliphatic carbocycles. The average molecular weight is 427 g/mol. The van der Waals surface area contributed by atoms with Gasteiger partial charge in [-0.25, -0.2) is 4.79 Å². The standard InChI is InChI=1S/C26H21NO5/c1-3-32-26(30)21-16-23(25(29)18-10-7-11-20(14-18)31-2)27-13-12-19(15-22(21)27)24(28)17-8-5-4-6-9-17/h4-16H,3H2,1-2H3. The lowest BCUT2D eigenvalue weighted by molar-refractivity contribution is 0.0528. The van der Waals surface area contributed by atoms with E-state index in [9.17, 15) is 14.4 Å². The smallest absolute Gasteiger partial charge is 0.340 e. The Bertz CT molecular complexity index is 1320. The molecule has 0 bridgehead atoms. The molecule has 2 aromatic carbocycles. The number of aromatic nitrogens is 1. The molecule has 6 nitrogen and oxygen atoms in total. The van der Waals surface area contributed by atoms with E-state index in [4.69, 9.17) is 9.47 Å². The van der Waals surface area contributed by atoms with Gasteiger partial charge in [-0.3, -0.25) is 9.59 Å².